The maximum absolute atomic E-state index is 12.3. The van der Waals surface area contributed by atoms with Crippen LogP contribution in [-0.4, -0.2) is 18.4 Å². The molecule has 4 heteroatoms. The molecule has 4 nitrogen and oxygen atoms in total. The van der Waals surface area contributed by atoms with Gasteiger partial charge in [0.15, 0.2) is 0 Å². The van der Waals surface area contributed by atoms with E-state index in [9.17, 15) is 9.59 Å². The van der Waals surface area contributed by atoms with E-state index in [-0.39, 0.29) is 23.7 Å². The fourth-order valence-corrected chi connectivity index (χ4v) is 3.00. The van der Waals surface area contributed by atoms with E-state index in [2.05, 4.69) is 26.1 Å². The second-order valence-corrected chi connectivity index (χ2v) is 7.95. The molecule has 0 atom stereocenters. The van der Waals surface area contributed by atoms with Gasteiger partial charge in [-0.15, -0.1) is 0 Å². The minimum atomic E-state index is -0.0853. The average Bonchev–Trinajstić information content (AvgIpc) is 2.60. The number of nitrogens with zero attached hydrogens (tertiary/aromatic N) is 1. The summed E-state index contributed by atoms with van der Waals surface area (Å²) in [5.41, 5.74) is 4.15. The van der Waals surface area contributed by atoms with Crippen LogP contribution < -0.4 is 10.2 Å². The molecule has 0 bridgehead atoms. The van der Waals surface area contributed by atoms with E-state index in [1.165, 1.54) is 5.56 Å². The fraction of sp³-hybridized carbons (Fsp3) is 0.391. The van der Waals surface area contributed by atoms with Crippen molar-refractivity contribution in [2.75, 3.05) is 11.4 Å². The quantitative estimate of drug-likeness (QED) is 0.826. The maximum Gasteiger partial charge on any atom is 0.223 e. The lowest BCUT2D eigenvalue weighted by atomic mass is 9.85. The van der Waals surface area contributed by atoms with Crippen LogP contribution >= 0.6 is 0 Å². The standard InChI is InChI=1S/C23H30N2O2/c1-17-10-12-19(13-11-17)16-24-22(27)14-15-25(18(2)26)21-9-7-6-8-20(21)23(3,4)5/h6-13H,14-16H2,1-5H3,(H,24,27). The van der Waals surface area contributed by atoms with Crippen LogP contribution in [0.15, 0.2) is 48.5 Å². The molecule has 2 amide bonds. The van der Waals surface area contributed by atoms with Gasteiger partial charge in [0.25, 0.3) is 0 Å². The number of carbonyl (C=O) groups excluding carboxylic acids is 2. The van der Waals surface area contributed by atoms with E-state index in [0.717, 1.165) is 16.8 Å². The number of rotatable bonds is 6. The van der Waals surface area contributed by atoms with Crippen molar-refractivity contribution in [2.24, 2.45) is 0 Å². The van der Waals surface area contributed by atoms with Gasteiger partial charge >= 0.3 is 0 Å². The molecule has 2 aromatic rings. The summed E-state index contributed by atoms with van der Waals surface area (Å²) in [7, 11) is 0. The second-order valence-electron chi connectivity index (χ2n) is 7.95. The molecule has 0 fully saturated rings. The summed E-state index contributed by atoms with van der Waals surface area (Å²) in [5.74, 6) is -0.118. The maximum atomic E-state index is 12.3. The Morgan fingerprint density at radius 2 is 1.63 bits per heavy atom. The predicted octanol–water partition coefficient (Wildman–Crippen LogP) is 4.35. The highest BCUT2D eigenvalue weighted by Crippen LogP contribution is 2.32. The molecule has 2 aromatic carbocycles. The summed E-state index contributed by atoms with van der Waals surface area (Å²) in [6.45, 7) is 10.8. The van der Waals surface area contributed by atoms with Gasteiger partial charge in [-0.25, -0.2) is 0 Å². The van der Waals surface area contributed by atoms with Crippen molar-refractivity contribution in [3.8, 4) is 0 Å². The Morgan fingerprint density at radius 1 is 1.00 bits per heavy atom. The van der Waals surface area contributed by atoms with Crippen LogP contribution in [0.3, 0.4) is 0 Å². The van der Waals surface area contributed by atoms with Gasteiger partial charge in [0, 0.05) is 32.1 Å². The van der Waals surface area contributed by atoms with Crippen molar-refractivity contribution in [2.45, 2.75) is 53.0 Å². The van der Waals surface area contributed by atoms with E-state index in [1.807, 2.05) is 55.5 Å². The Kier molecular flexibility index (Phi) is 6.78. The first-order chi connectivity index (χ1) is 12.7. The first-order valence-corrected chi connectivity index (χ1v) is 9.38. The third kappa shape index (κ3) is 5.95. The van der Waals surface area contributed by atoms with Gasteiger partial charge in [0.2, 0.25) is 11.8 Å². The van der Waals surface area contributed by atoms with Crippen LogP contribution in [0.5, 0.6) is 0 Å². The summed E-state index contributed by atoms with van der Waals surface area (Å²) >= 11 is 0. The number of amides is 2. The Bertz CT molecular complexity index is 789. The smallest absolute Gasteiger partial charge is 0.223 e. The predicted molar refractivity (Wildman–Crippen MR) is 111 cm³/mol. The molecule has 1 N–H and O–H groups in total. The second kappa shape index (κ2) is 8.85. The molecular weight excluding hydrogens is 336 g/mol. The van der Waals surface area contributed by atoms with Gasteiger partial charge < -0.3 is 10.2 Å². The number of anilines is 1. The zero-order valence-electron chi connectivity index (χ0n) is 17.0. The van der Waals surface area contributed by atoms with E-state index in [0.29, 0.717) is 13.1 Å². The first kappa shape index (κ1) is 20.7. The third-order valence-electron chi connectivity index (χ3n) is 4.56. The molecule has 144 valence electrons. The highest BCUT2D eigenvalue weighted by atomic mass is 16.2. The summed E-state index contributed by atoms with van der Waals surface area (Å²) in [6, 6.07) is 16.0. The zero-order chi connectivity index (χ0) is 20.0. The van der Waals surface area contributed by atoms with Crippen LogP contribution in [0.1, 0.15) is 50.8 Å². The molecule has 0 aliphatic carbocycles. The molecule has 0 saturated carbocycles. The van der Waals surface area contributed by atoms with Gasteiger partial charge in [-0.3, -0.25) is 9.59 Å². The number of benzene rings is 2. The first-order valence-electron chi connectivity index (χ1n) is 9.38. The minimum Gasteiger partial charge on any atom is -0.352 e. The largest absolute Gasteiger partial charge is 0.352 e. The van der Waals surface area contributed by atoms with Crippen molar-refractivity contribution in [3.63, 3.8) is 0 Å². The number of para-hydroxylation sites is 1. The number of hydrogen-bond donors (Lipinski definition) is 1. The summed E-state index contributed by atoms with van der Waals surface area (Å²) in [5, 5.41) is 2.93. The number of hydrogen-bond acceptors (Lipinski definition) is 2. The zero-order valence-corrected chi connectivity index (χ0v) is 17.0. The van der Waals surface area contributed by atoms with E-state index in [4.69, 9.17) is 0 Å². The number of aryl methyl sites for hydroxylation is 1. The van der Waals surface area contributed by atoms with E-state index < -0.39 is 0 Å². The molecular formula is C23H30N2O2. The normalized spacial score (nSPS) is 11.1. The molecule has 2 rings (SSSR count). The van der Waals surface area contributed by atoms with Gasteiger partial charge in [0.05, 0.1) is 0 Å². The monoisotopic (exact) mass is 366 g/mol. The molecule has 0 aliphatic heterocycles. The van der Waals surface area contributed by atoms with Gasteiger partial charge in [-0.2, -0.15) is 0 Å². The number of carbonyl (C=O) groups is 2. The molecule has 0 radical (unpaired) electrons. The average molecular weight is 367 g/mol. The molecule has 0 spiro atoms. The highest BCUT2D eigenvalue weighted by Gasteiger charge is 2.23. The summed E-state index contributed by atoms with van der Waals surface area (Å²) in [4.78, 5) is 26.2. The van der Waals surface area contributed by atoms with Crippen molar-refractivity contribution in [3.05, 3.63) is 65.2 Å². The van der Waals surface area contributed by atoms with Crippen molar-refractivity contribution in [1.29, 1.82) is 0 Å². The Balaban J connectivity index is 2.02. The Hall–Kier alpha value is -2.62. The Labute approximate surface area is 162 Å². The Morgan fingerprint density at radius 3 is 2.22 bits per heavy atom. The van der Waals surface area contributed by atoms with Gasteiger partial charge in [-0.05, 0) is 29.5 Å². The lowest BCUT2D eigenvalue weighted by molar-refractivity contribution is -0.121. The SMILES string of the molecule is CC(=O)N(CCC(=O)NCc1ccc(C)cc1)c1ccccc1C(C)(C)C. The molecule has 0 unspecified atom stereocenters. The topological polar surface area (TPSA) is 49.4 Å². The van der Waals surface area contributed by atoms with Gasteiger partial charge in [0.1, 0.15) is 0 Å². The van der Waals surface area contributed by atoms with E-state index >= 15 is 0 Å². The van der Waals surface area contributed by atoms with Crippen LogP contribution in [0, 0.1) is 6.92 Å². The molecule has 0 saturated heterocycles. The van der Waals surface area contributed by atoms with Crippen LogP contribution in [-0.2, 0) is 21.5 Å². The summed E-state index contributed by atoms with van der Waals surface area (Å²) in [6.07, 6.45) is 0.268. The highest BCUT2D eigenvalue weighted by molar-refractivity contribution is 5.93. The minimum absolute atomic E-state index is 0.0574. The number of nitrogens with one attached hydrogen (secondary N) is 1. The lowest BCUT2D eigenvalue weighted by Crippen LogP contribution is -2.35. The molecule has 0 heterocycles. The van der Waals surface area contributed by atoms with Crippen LogP contribution in [0.4, 0.5) is 5.69 Å². The molecule has 0 aromatic heterocycles. The van der Waals surface area contributed by atoms with Gasteiger partial charge in [-0.1, -0.05) is 68.8 Å². The molecule has 0 aliphatic rings. The van der Waals surface area contributed by atoms with Crippen molar-refractivity contribution in [1.82, 2.24) is 5.32 Å². The summed E-state index contributed by atoms with van der Waals surface area (Å²) < 4.78 is 0. The molecule has 27 heavy (non-hydrogen) atoms. The van der Waals surface area contributed by atoms with Crippen LogP contribution in [0.2, 0.25) is 0 Å². The lowest BCUT2D eigenvalue weighted by Gasteiger charge is -2.29. The van der Waals surface area contributed by atoms with Crippen molar-refractivity contribution >= 4 is 17.5 Å². The van der Waals surface area contributed by atoms with Crippen molar-refractivity contribution < 1.29 is 9.59 Å². The fourth-order valence-electron chi connectivity index (χ4n) is 3.00. The third-order valence-corrected chi connectivity index (χ3v) is 4.56. The van der Waals surface area contributed by atoms with E-state index in [1.54, 1.807) is 11.8 Å². The van der Waals surface area contributed by atoms with Crippen LogP contribution in [0.25, 0.3) is 0 Å².